The summed E-state index contributed by atoms with van der Waals surface area (Å²) in [5.41, 5.74) is 0.978. The molecule has 27 heavy (non-hydrogen) atoms. The second-order valence-electron chi connectivity index (χ2n) is 6.35. The monoisotopic (exact) mass is 371 g/mol. The van der Waals surface area contributed by atoms with Crippen molar-refractivity contribution in [2.75, 3.05) is 6.61 Å². The first-order chi connectivity index (χ1) is 13.1. The van der Waals surface area contributed by atoms with E-state index in [1.165, 1.54) is 6.26 Å². The van der Waals surface area contributed by atoms with Crippen LogP contribution in [0.25, 0.3) is 0 Å². The minimum Gasteiger partial charge on any atom is -0.467 e. The summed E-state index contributed by atoms with van der Waals surface area (Å²) in [4.78, 5) is 37.7. The molecule has 0 spiro atoms. The highest BCUT2D eigenvalue weighted by atomic mass is 16.3. The lowest BCUT2D eigenvalue weighted by Gasteiger charge is -2.17. The van der Waals surface area contributed by atoms with Crippen molar-refractivity contribution in [1.82, 2.24) is 15.5 Å². The summed E-state index contributed by atoms with van der Waals surface area (Å²) < 4.78 is 5.15. The van der Waals surface area contributed by atoms with Crippen LogP contribution in [-0.2, 0) is 22.6 Å². The normalized spacial score (nSPS) is 17.7. The van der Waals surface area contributed by atoms with E-state index in [-0.39, 0.29) is 19.6 Å². The number of rotatable bonds is 8. The number of carbonyl (C=O) groups is 3. The smallest absolute Gasteiger partial charge is 0.325 e. The van der Waals surface area contributed by atoms with Gasteiger partial charge in [0.2, 0.25) is 5.91 Å². The van der Waals surface area contributed by atoms with E-state index in [9.17, 15) is 19.5 Å². The lowest BCUT2D eigenvalue weighted by Crippen LogP contribution is -2.43. The van der Waals surface area contributed by atoms with Gasteiger partial charge in [-0.2, -0.15) is 0 Å². The van der Waals surface area contributed by atoms with E-state index in [4.69, 9.17) is 4.42 Å². The number of benzene rings is 1. The summed E-state index contributed by atoms with van der Waals surface area (Å²) in [6.07, 6.45) is 1.74. The molecule has 4 amide bonds. The molecule has 8 heteroatoms. The molecule has 3 N–H and O–H groups in total. The number of urea groups is 1. The molecule has 2 aromatic rings. The fourth-order valence-corrected chi connectivity index (χ4v) is 2.96. The van der Waals surface area contributed by atoms with Gasteiger partial charge in [0.25, 0.3) is 5.91 Å². The van der Waals surface area contributed by atoms with Gasteiger partial charge in [0.05, 0.1) is 31.9 Å². The second-order valence-corrected chi connectivity index (χ2v) is 6.35. The van der Waals surface area contributed by atoms with E-state index in [0.717, 1.165) is 10.5 Å². The van der Waals surface area contributed by atoms with Crippen LogP contribution < -0.4 is 10.6 Å². The SMILES string of the molecule is O=C(C[C@H]1NC(=O)N(Cc2ccco2)C1=O)N[C@@H](CO)Cc1ccccc1. The van der Waals surface area contributed by atoms with Gasteiger partial charge < -0.3 is 20.2 Å². The third kappa shape index (κ3) is 4.73. The molecule has 1 aliphatic rings. The van der Waals surface area contributed by atoms with Crippen molar-refractivity contribution >= 4 is 17.8 Å². The highest BCUT2D eigenvalue weighted by Gasteiger charge is 2.39. The Hall–Kier alpha value is -3.13. The van der Waals surface area contributed by atoms with Crippen molar-refractivity contribution in [3.8, 4) is 0 Å². The van der Waals surface area contributed by atoms with E-state index < -0.39 is 29.9 Å². The van der Waals surface area contributed by atoms with E-state index in [1.54, 1.807) is 12.1 Å². The molecule has 142 valence electrons. The summed E-state index contributed by atoms with van der Waals surface area (Å²) in [6, 6.07) is 10.8. The number of amides is 4. The number of aliphatic hydroxyl groups excluding tert-OH is 1. The van der Waals surface area contributed by atoms with Crippen molar-refractivity contribution < 1.29 is 23.9 Å². The van der Waals surface area contributed by atoms with Crippen LogP contribution in [0.15, 0.2) is 53.1 Å². The molecule has 1 aromatic heterocycles. The standard InChI is InChI=1S/C19H21N3O5/c23-12-14(9-13-5-2-1-3-6-13)20-17(24)10-16-18(25)22(19(26)21-16)11-15-7-4-8-27-15/h1-8,14,16,23H,9-12H2,(H,20,24)(H,21,26)/t14-,16-/m1/s1. The maximum atomic E-state index is 12.4. The van der Waals surface area contributed by atoms with Gasteiger partial charge in [-0.1, -0.05) is 30.3 Å². The summed E-state index contributed by atoms with van der Waals surface area (Å²) >= 11 is 0. The Bertz CT molecular complexity index is 791. The van der Waals surface area contributed by atoms with E-state index in [1.807, 2.05) is 30.3 Å². The summed E-state index contributed by atoms with van der Waals surface area (Å²) in [6.45, 7) is -0.209. The van der Waals surface area contributed by atoms with Crippen LogP contribution in [0.3, 0.4) is 0 Å². The molecule has 2 heterocycles. The number of furan rings is 1. The Morgan fingerprint density at radius 2 is 2.00 bits per heavy atom. The fourth-order valence-electron chi connectivity index (χ4n) is 2.96. The van der Waals surface area contributed by atoms with E-state index in [2.05, 4.69) is 10.6 Å². The predicted octanol–water partition coefficient (Wildman–Crippen LogP) is 0.810. The number of nitrogens with one attached hydrogen (secondary N) is 2. The third-order valence-electron chi connectivity index (χ3n) is 4.30. The zero-order valence-corrected chi connectivity index (χ0v) is 14.6. The maximum absolute atomic E-state index is 12.4. The minimum atomic E-state index is -0.927. The van der Waals surface area contributed by atoms with Crippen LogP contribution in [0.5, 0.6) is 0 Å². The molecule has 2 atom stereocenters. The van der Waals surface area contributed by atoms with Crippen LogP contribution in [0, 0.1) is 0 Å². The molecule has 0 saturated carbocycles. The van der Waals surface area contributed by atoms with Gasteiger partial charge in [0.15, 0.2) is 0 Å². The van der Waals surface area contributed by atoms with Crippen LogP contribution in [0.1, 0.15) is 17.7 Å². The maximum Gasteiger partial charge on any atom is 0.325 e. The van der Waals surface area contributed by atoms with Crippen molar-refractivity contribution in [3.05, 3.63) is 60.1 Å². The number of carbonyl (C=O) groups excluding carboxylic acids is 3. The molecule has 0 radical (unpaired) electrons. The van der Waals surface area contributed by atoms with Crippen LogP contribution >= 0.6 is 0 Å². The summed E-state index contributed by atoms with van der Waals surface area (Å²) in [7, 11) is 0. The van der Waals surface area contributed by atoms with Gasteiger partial charge in [-0.05, 0) is 24.1 Å². The highest BCUT2D eigenvalue weighted by Crippen LogP contribution is 2.14. The first-order valence-corrected chi connectivity index (χ1v) is 8.65. The van der Waals surface area contributed by atoms with E-state index in [0.29, 0.717) is 12.2 Å². The largest absolute Gasteiger partial charge is 0.467 e. The Labute approximate surface area is 156 Å². The molecule has 0 aliphatic carbocycles. The van der Waals surface area contributed by atoms with Crippen molar-refractivity contribution in [1.29, 1.82) is 0 Å². The number of imide groups is 1. The van der Waals surface area contributed by atoms with Gasteiger partial charge >= 0.3 is 6.03 Å². The van der Waals surface area contributed by atoms with Gasteiger partial charge in [-0.3, -0.25) is 14.5 Å². The van der Waals surface area contributed by atoms with Crippen LogP contribution in [-0.4, -0.2) is 46.5 Å². The molecule has 3 rings (SSSR count). The van der Waals surface area contributed by atoms with Gasteiger partial charge in [-0.15, -0.1) is 0 Å². The summed E-state index contributed by atoms with van der Waals surface area (Å²) in [5.74, 6) is -0.412. The Morgan fingerprint density at radius 3 is 2.67 bits per heavy atom. The Balaban J connectivity index is 1.54. The lowest BCUT2D eigenvalue weighted by atomic mass is 10.1. The molecular weight excluding hydrogens is 350 g/mol. The molecule has 1 aromatic carbocycles. The molecule has 1 aliphatic heterocycles. The van der Waals surface area contributed by atoms with Crippen LogP contribution in [0.2, 0.25) is 0 Å². The number of nitrogens with zero attached hydrogens (tertiary/aromatic N) is 1. The summed E-state index contributed by atoms with van der Waals surface area (Å²) in [5, 5.41) is 14.7. The third-order valence-corrected chi connectivity index (χ3v) is 4.30. The highest BCUT2D eigenvalue weighted by molar-refractivity contribution is 6.05. The van der Waals surface area contributed by atoms with Crippen LogP contribution in [0.4, 0.5) is 4.79 Å². The van der Waals surface area contributed by atoms with E-state index >= 15 is 0 Å². The van der Waals surface area contributed by atoms with Gasteiger partial charge in [0, 0.05) is 0 Å². The zero-order valence-electron chi connectivity index (χ0n) is 14.6. The zero-order chi connectivity index (χ0) is 19.2. The van der Waals surface area contributed by atoms with Crippen molar-refractivity contribution in [2.24, 2.45) is 0 Å². The van der Waals surface area contributed by atoms with Gasteiger partial charge in [0.1, 0.15) is 11.8 Å². The minimum absolute atomic E-state index is 0.0169. The number of hydrogen-bond acceptors (Lipinski definition) is 5. The second kappa shape index (κ2) is 8.50. The Kier molecular flexibility index (Phi) is 5.87. The molecule has 1 saturated heterocycles. The van der Waals surface area contributed by atoms with Crippen molar-refractivity contribution in [3.63, 3.8) is 0 Å². The quantitative estimate of drug-likeness (QED) is 0.595. The average Bonchev–Trinajstić information content (AvgIpc) is 3.26. The Morgan fingerprint density at radius 1 is 1.22 bits per heavy atom. The predicted molar refractivity (Wildman–Crippen MR) is 95.4 cm³/mol. The molecule has 1 fully saturated rings. The average molecular weight is 371 g/mol. The first kappa shape index (κ1) is 18.7. The lowest BCUT2D eigenvalue weighted by molar-refractivity contribution is -0.131. The van der Waals surface area contributed by atoms with Crippen molar-refractivity contribution in [2.45, 2.75) is 31.5 Å². The number of hydrogen-bond donors (Lipinski definition) is 3. The first-order valence-electron chi connectivity index (χ1n) is 8.65. The van der Waals surface area contributed by atoms with Gasteiger partial charge in [-0.25, -0.2) is 4.79 Å². The topological polar surface area (TPSA) is 112 Å². The fraction of sp³-hybridized carbons (Fsp3) is 0.316. The molecule has 0 bridgehead atoms. The molecular formula is C19H21N3O5. The number of aliphatic hydroxyl groups is 1. The molecule has 8 nitrogen and oxygen atoms in total. The molecule has 0 unspecified atom stereocenters.